The number of allylic oxidation sites excluding steroid dienone is 1. The molecule has 0 saturated heterocycles. The SMILES string of the molecule is CCC(C)(C)C.CCCC(CCC)=C1c2ccc(N)cc2CCc2ccc(C)cc21. The maximum Gasteiger partial charge on any atom is 0.0317 e. The molecule has 2 aromatic carbocycles. The molecular formula is C29H43N. The number of hydrogen-bond donors (Lipinski definition) is 1. The van der Waals surface area contributed by atoms with Crippen LogP contribution in [0, 0.1) is 12.3 Å². The number of nitrogen functional groups attached to an aromatic ring is 1. The lowest BCUT2D eigenvalue weighted by Gasteiger charge is -2.19. The minimum Gasteiger partial charge on any atom is -0.399 e. The van der Waals surface area contributed by atoms with Crippen molar-refractivity contribution in [3.8, 4) is 0 Å². The predicted octanol–water partition coefficient (Wildman–Crippen LogP) is 8.52. The predicted molar refractivity (Wildman–Crippen MR) is 135 cm³/mol. The molecule has 0 bridgehead atoms. The fourth-order valence-corrected chi connectivity index (χ4v) is 3.98. The average molecular weight is 406 g/mol. The first-order chi connectivity index (χ1) is 14.2. The van der Waals surface area contributed by atoms with Gasteiger partial charge in [-0.3, -0.25) is 0 Å². The summed E-state index contributed by atoms with van der Waals surface area (Å²) in [7, 11) is 0. The molecule has 0 aliphatic heterocycles. The van der Waals surface area contributed by atoms with Gasteiger partial charge < -0.3 is 5.73 Å². The van der Waals surface area contributed by atoms with E-state index in [9.17, 15) is 0 Å². The van der Waals surface area contributed by atoms with Crippen LogP contribution in [0.4, 0.5) is 5.69 Å². The molecule has 1 aliphatic carbocycles. The molecule has 2 N–H and O–H groups in total. The van der Waals surface area contributed by atoms with Crippen molar-refractivity contribution in [2.24, 2.45) is 5.41 Å². The zero-order valence-electron chi connectivity index (χ0n) is 20.5. The number of aryl methyl sites for hydroxylation is 3. The van der Waals surface area contributed by atoms with Crippen LogP contribution in [0.15, 0.2) is 42.0 Å². The van der Waals surface area contributed by atoms with Crippen molar-refractivity contribution in [2.75, 3.05) is 5.73 Å². The number of nitrogens with two attached hydrogens (primary N) is 1. The molecule has 1 aliphatic rings. The molecule has 164 valence electrons. The first-order valence-electron chi connectivity index (χ1n) is 11.9. The Labute approximate surface area is 185 Å². The third-order valence-electron chi connectivity index (χ3n) is 6.11. The molecule has 1 nitrogen and oxygen atoms in total. The highest BCUT2D eigenvalue weighted by molar-refractivity contribution is 5.86. The quantitative estimate of drug-likeness (QED) is 0.507. The van der Waals surface area contributed by atoms with E-state index in [1.807, 2.05) is 0 Å². The summed E-state index contributed by atoms with van der Waals surface area (Å²) in [5.41, 5.74) is 17.7. The number of anilines is 1. The molecule has 0 amide bonds. The molecule has 0 heterocycles. The Balaban J connectivity index is 0.000000469. The molecule has 0 radical (unpaired) electrons. The monoisotopic (exact) mass is 405 g/mol. The minimum atomic E-state index is 0.542. The van der Waals surface area contributed by atoms with Gasteiger partial charge in [-0.1, -0.05) is 96.2 Å². The van der Waals surface area contributed by atoms with Crippen LogP contribution in [-0.2, 0) is 12.8 Å². The van der Waals surface area contributed by atoms with E-state index in [4.69, 9.17) is 5.73 Å². The third kappa shape index (κ3) is 6.49. The number of fused-ring (bicyclic) bond motifs is 2. The van der Waals surface area contributed by atoms with E-state index in [0.717, 1.165) is 18.5 Å². The summed E-state index contributed by atoms with van der Waals surface area (Å²) in [6.45, 7) is 15.7. The highest BCUT2D eigenvalue weighted by atomic mass is 14.5. The first kappa shape index (κ1) is 24.3. The summed E-state index contributed by atoms with van der Waals surface area (Å²) in [4.78, 5) is 0. The summed E-state index contributed by atoms with van der Waals surface area (Å²) < 4.78 is 0. The van der Waals surface area contributed by atoms with Crippen LogP contribution in [-0.4, -0.2) is 0 Å². The summed E-state index contributed by atoms with van der Waals surface area (Å²) in [5, 5.41) is 0. The van der Waals surface area contributed by atoms with E-state index < -0.39 is 0 Å². The molecule has 0 atom stereocenters. The molecule has 0 aromatic heterocycles. The van der Waals surface area contributed by atoms with Crippen LogP contribution in [0.1, 0.15) is 101 Å². The number of hydrogen-bond acceptors (Lipinski definition) is 1. The van der Waals surface area contributed by atoms with Crippen molar-refractivity contribution in [1.82, 2.24) is 0 Å². The molecule has 2 aromatic rings. The van der Waals surface area contributed by atoms with Crippen LogP contribution in [0.5, 0.6) is 0 Å². The van der Waals surface area contributed by atoms with Gasteiger partial charge in [0.05, 0.1) is 0 Å². The molecule has 0 unspecified atom stereocenters. The lowest BCUT2D eigenvalue weighted by molar-refractivity contribution is 0.398. The Bertz CT molecular complexity index is 856. The average Bonchev–Trinajstić information content (AvgIpc) is 2.84. The highest BCUT2D eigenvalue weighted by Gasteiger charge is 2.21. The topological polar surface area (TPSA) is 26.0 Å². The van der Waals surface area contributed by atoms with Gasteiger partial charge in [-0.15, -0.1) is 0 Å². The van der Waals surface area contributed by atoms with Gasteiger partial charge >= 0.3 is 0 Å². The van der Waals surface area contributed by atoms with Gasteiger partial charge in [-0.2, -0.15) is 0 Å². The normalized spacial score (nSPS) is 13.0. The highest BCUT2D eigenvalue weighted by Crippen LogP contribution is 2.39. The van der Waals surface area contributed by atoms with Crippen molar-refractivity contribution >= 4 is 11.3 Å². The van der Waals surface area contributed by atoms with E-state index in [-0.39, 0.29) is 0 Å². The van der Waals surface area contributed by atoms with Crippen LogP contribution in [0.3, 0.4) is 0 Å². The molecule has 3 rings (SSSR count). The molecule has 30 heavy (non-hydrogen) atoms. The smallest absolute Gasteiger partial charge is 0.0317 e. The van der Waals surface area contributed by atoms with Gasteiger partial charge in [0.1, 0.15) is 0 Å². The van der Waals surface area contributed by atoms with E-state index in [1.165, 1.54) is 65.5 Å². The van der Waals surface area contributed by atoms with Crippen molar-refractivity contribution in [2.45, 2.75) is 93.4 Å². The van der Waals surface area contributed by atoms with Crippen molar-refractivity contribution in [1.29, 1.82) is 0 Å². The molecule has 0 saturated carbocycles. The second-order valence-corrected chi connectivity index (χ2v) is 9.97. The van der Waals surface area contributed by atoms with Crippen molar-refractivity contribution in [3.05, 3.63) is 69.8 Å². The summed E-state index contributed by atoms with van der Waals surface area (Å²) in [5.74, 6) is 0. The summed E-state index contributed by atoms with van der Waals surface area (Å²) in [6, 6.07) is 13.5. The number of rotatable bonds is 4. The fourth-order valence-electron chi connectivity index (χ4n) is 3.98. The lowest BCUT2D eigenvalue weighted by atomic mass is 9.86. The largest absolute Gasteiger partial charge is 0.399 e. The van der Waals surface area contributed by atoms with E-state index in [1.54, 1.807) is 5.57 Å². The Morgan fingerprint density at radius 2 is 1.43 bits per heavy atom. The van der Waals surface area contributed by atoms with E-state index in [0.29, 0.717) is 5.41 Å². The van der Waals surface area contributed by atoms with Crippen LogP contribution < -0.4 is 5.73 Å². The van der Waals surface area contributed by atoms with E-state index >= 15 is 0 Å². The molecular weight excluding hydrogens is 362 g/mol. The first-order valence-corrected chi connectivity index (χ1v) is 11.9. The Hall–Kier alpha value is -2.02. The fraction of sp³-hybridized carbons (Fsp3) is 0.517. The van der Waals surface area contributed by atoms with Gasteiger partial charge in [0, 0.05) is 5.69 Å². The summed E-state index contributed by atoms with van der Waals surface area (Å²) >= 11 is 0. The van der Waals surface area contributed by atoms with Gasteiger partial charge in [-0.25, -0.2) is 0 Å². The Morgan fingerprint density at radius 3 is 2.00 bits per heavy atom. The maximum atomic E-state index is 6.08. The Kier molecular flexibility index (Phi) is 8.77. The van der Waals surface area contributed by atoms with Gasteiger partial charge in [-0.05, 0) is 78.0 Å². The maximum absolute atomic E-state index is 6.08. The van der Waals surface area contributed by atoms with Gasteiger partial charge in [0.15, 0.2) is 0 Å². The van der Waals surface area contributed by atoms with Crippen LogP contribution in [0.2, 0.25) is 0 Å². The third-order valence-corrected chi connectivity index (χ3v) is 6.11. The zero-order chi connectivity index (χ0) is 22.3. The lowest BCUT2D eigenvalue weighted by Crippen LogP contribution is -2.00. The molecule has 0 spiro atoms. The second-order valence-electron chi connectivity index (χ2n) is 9.97. The van der Waals surface area contributed by atoms with Gasteiger partial charge in [0.25, 0.3) is 0 Å². The second kappa shape index (κ2) is 10.8. The molecule has 0 fully saturated rings. The standard InChI is InChI=1S/C23H29N.C6H14/c1-4-6-18(7-5-2)23-21-13-12-20(24)15-19(21)11-10-17-9-8-16(3)14-22(17)23;1-5-6(2,3)4/h8-9,12-15H,4-7,10-11,24H2,1-3H3;5H2,1-4H3. The zero-order valence-corrected chi connectivity index (χ0v) is 20.5. The van der Waals surface area contributed by atoms with Gasteiger partial charge in [0.2, 0.25) is 0 Å². The van der Waals surface area contributed by atoms with Crippen LogP contribution in [0.25, 0.3) is 5.57 Å². The number of benzene rings is 2. The van der Waals surface area contributed by atoms with E-state index in [2.05, 4.69) is 84.9 Å². The minimum absolute atomic E-state index is 0.542. The van der Waals surface area contributed by atoms with Crippen LogP contribution >= 0.6 is 0 Å². The van der Waals surface area contributed by atoms with Crippen molar-refractivity contribution < 1.29 is 0 Å². The van der Waals surface area contributed by atoms with Crippen molar-refractivity contribution in [3.63, 3.8) is 0 Å². The Morgan fingerprint density at radius 1 is 0.833 bits per heavy atom. The molecule has 1 heteroatoms. The summed E-state index contributed by atoms with van der Waals surface area (Å²) in [6.07, 6.45) is 8.20.